The Kier molecular flexibility index (Phi) is 4.72. The summed E-state index contributed by atoms with van der Waals surface area (Å²) in [7, 11) is 0. The quantitative estimate of drug-likeness (QED) is 0.636. The zero-order chi connectivity index (χ0) is 12.1. The average molecular weight is 326 g/mol. The topological polar surface area (TPSA) is 0 Å². The maximum atomic E-state index is 5.82. The van der Waals surface area contributed by atoms with Crippen LogP contribution in [-0.2, 0) is 0 Å². The molecule has 17 heavy (non-hydrogen) atoms. The number of hydrogen-bond donors (Lipinski definition) is 0. The van der Waals surface area contributed by atoms with Crippen LogP contribution in [0.4, 0.5) is 0 Å². The minimum Gasteiger partial charge on any atom is -0.0981 e. The Labute approximate surface area is 119 Å². The molecule has 0 aliphatic rings. The molecule has 0 radical (unpaired) electrons. The van der Waals surface area contributed by atoms with Crippen molar-refractivity contribution in [3.63, 3.8) is 0 Å². The third-order valence-corrected chi connectivity index (χ3v) is 3.75. The molecule has 0 bridgehead atoms. The second-order valence-corrected chi connectivity index (χ2v) is 5.76. The van der Waals surface area contributed by atoms with Crippen molar-refractivity contribution in [3.8, 4) is 0 Å². The van der Waals surface area contributed by atoms with E-state index in [9.17, 15) is 0 Å². The maximum absolute atomic E-state index is 5.82. The molecule has 0 amide bonds. The Morgan fingerprint density at radius 1 is 0.941 bits per heavy atom. The number of hydrogen-bond acceptors (Lipinski definition) is 1. The molecular formula is C14H10BrClS. The fourth-order valence-corrected chi connectivity index (χ4v) is 2.34. The Bertz CT molecular complexity index is 503. The molecule has 0 aromatic heterocycles. The lowest BCUT2D eigenvalue weighted by Crippen LogP contribution is -1.70. The van der Waals surface area contributed by atoms with Gasteiger partial charge in [-0.25, -0.2) is 0 Å². The van der Waals surface area contributed by atoms with Crippen molar-refractivity contribution in [2.45, 2.75) is 4.90 Å². The second-order valence-electron chi connectivity index (χ2n) is 3.43. The molecule has 0 aliphatic heterocycles. The molecular weight excluding hydrogens is 316 g/mol. The van der Waals surface area contributed by atoms with Gasteiger partial charge in [0.05, 0.1) is 0 Å². The maximum Gasteiger partial charge on any atom is 0.0406 e. The van der Waals surface area contributed by atoms with E-state index >= 15 is 0 Å². The second kappa shape index (κ2) is 6.29. The Morgan fingerprint density at radius 3 is 2.24 bits per heavy atom. The van der Waals surface area contributed by atoms with Crippen LogP contribution in [0, 0.1) is 0 Å². The SMILES string of the molecule is Clc1ccc(/C=C/Sc2ccc(Br)cc2)cc1. The molecule has 0 aliphatic carbocycles. The van der Waals surface area contributed by atoms with Gasteiger partial charge < -0.3 is 0 Å². The van der Waals surface area contributed by atoms with E-state index in [0.717, 1.165) is 15.1 Å². The number of halogens is 2. The monoisotopic (exact) mass is 324 g/mol. The van der Waals surface area contributed by atoms with Gasteiger partial charge in [-0.1, -0.05) is 51.4 Å². The first-order valence-corrected chi connectivity index (χ1v) is 7.13. The highest BCUT2D eigenvalue weighted by atomic mass is 79.9. The molecule has 0 N–H and O–H groups in total. The van der Waals surface area contributed by atoms with Crippen molar-refractivity contribution in [3.05, 3.63) is 69.0 Å². The summed E-state index contributed by atoms with van der Waals surface area (Å²) >= 11 is 10.9. The molecule has 2 aromatic rings. The highest BCUT2D eigenvalue weighted by Crippen LogP contribution is 2.22. The molecule has 0 saturated carbocycles. The number of rotatable bonds is 3. The van der Waals surface area contributed by atoms with Crippen LogP contribution >= 0.6 is 39.3 Å². The van der Waals surface area contributed by atoms with Crippen molar-refractivity contribution >= 4 is 45.4 Å². The van der Waals surface area contributed by atoms with Gasteiger partial charge in [-0.2, -0.15) is 0 Å². The van der Waals surface area contributed by atoms with E-state index in [1.807, 2.05) is 36.4 Å². The van der Waals surface area contributed by atoms with Gasteiger partial charge in [0.25, 0.3) is 0 Å². The fourth-order valence-electron chi connectivity index (χ4n) is 1.28. The average Bonchev–Trinajstić information content (AvgIpc) is 2.34. The summed E-state index contributed by atoms with van der Waals surface area (Å²) in [6.07, 6.45) is 2.07. The molecule has 0 unspecified atom stereocenters. The van der Waals surface area contributed by atoms with Crippen LogP contribution in [0.2, 0.25) is 5.02 Å². The van der Waals surface area contributed by atoms with Crippen LogP contribution in [0.1, 0.15) is 5.56 Å². The van der Waals surface area contributed by atoms with Gasteiger partial charge >= 0.3 is 0 Å². The summed E-state index contributed by atoms with van der Waals surface area (Å²) in [6.45, 7) is 0. The van der Waals surface area contributed by atoms with Crippen molar-refractivity contribution in [2.24, 2.45) is 0 Å². The lowest BCUT2D eigenvalue weighted by atomic mass is 10.2. The van der Waals surface area contributed by atoms with Crippen molar-refractivity contribution in [1.82, 2.24) is 0 Å². The third kappa shape index (κ3) is 4.23. The first-order valence-electron chi connectivity index (χ1n) is 5.08. The molecule has 0 fully saturated rings. The van der Waals surface area contributed by atoms with Gasteiger partial charge in [0.1, 0.15) is 0 Å². The van der Waals surface area contributed by atoms with E-state index in [1.54, 1.807) is 11.8 Å². The molecule has 0 saturated heterocycles. The third-order valence-electron chi connectivity index (χ3n) is 2.15. The van der Waals surface area contributed by atoms with Gasteiger partial charge in [-0.05, 0) is 53.4 Å². The fraction of sp³-hybridized carbons (Fsp3) is 0. The summed E-state index contributed by atoms with van der Waals surface area (Å²) in [6, 6.07) is 16.0. The minimum atomic E-state index is 0.766. The predicted octanol–water partition coefficient (Wildman–Crippen LogP) is 5.87. The summed E-state index contributed by atoms with van der Waals surface area (Å²) in [5.74, 6) is 0. The number of thioether (sulfide) groups is 1. The van der Waals surface area contributed by atoms with Gasteiger partial charge in [-0.3, -0.25) is 0 Å². The van der Waals surface area contributed by atoms with Crippen molar-refractivity contribution in [1.29, 1.82) is 0 Å². The first kappa shape index (κ1) is 12.7. The highest BCUT2D eigenvalue weighted by molar-refractivity contribution is 9.10. The summed E-state index contributed by atoms with van der Waals surface area (Å²) in [4.78, 5) is 1.22. The minimum absolute atomic E-state index is 0.766. The van der Waals surface area contributed by atoms with Gasteiger partial charge in [0, 0.05) is 14.4 Å². The van der Waals surface area contributed by atoms with Crippen LogP contribution in [0.5, 0.6) is 0 Å². The molecule has 3 heteroatoms. The lowest BCUT2D eigenvalue weighted by molar-refractivity contribution is 1.45. The molecule has 0 atom stereocenters. The van der Waals surface area contributed by atoms with E-state index < -0.39 is 0 Å². The zero-order valence-electron chi connectivity index (χ0n) is 8.94. The van der Waals surface area contributed by atoms with Crippen LogP contribution in [0.15, 0.2) is 63.3 Å². The van der Waals surface area contributed by atoms with Gasteiger partial charge in [0.15, 0.2) is 0 Å². The van der Waals surface area contributed by atoms with Crippen LogP contribution < -0.4 is 0 Å². The molecule has 86 valence electrons. The summed E-state index contributed by atoms with van der Waals surface area (Å²) in [5, 5.41) is 2.84. The molecule has 0 spiro atoms. The van der Waals surface area contributed by atoms with E-state index in [2.05, 4.69) is 39.5 Å². The molecule has 2 rings (SSSR count). The van der Waals surface area contributed by atoms with E-state index in [0.29, 0.717) is 0 Å². The predicted molar refractivity (Wildman–Crippen MR) is 80.5 cm³/mol. The van der Waals surface area contributed by atoms with Gasteiger partial charge in [-0.15, -0.1) is 0 Å². The normalized spacial score (nSPS) is 10.9. The standard InChI is InChI=1S/C14H10BrClS/c15-12-3-7-14(8-4-12)17-10-9-11-1-5-13(16)6-2-11/h1-10H/b10-9+. The number of benzene rings is 2. The van der Waals surface area contributed by atoms with Crippen molar-refractivity contribution in [2.75, 3.05) is 0 Å². The molecule has 2 aromatic carbocycles. The Hall–Kier alpha value is -0.700. The first-order chi connectivity index (χ1) is 8.24. The zero-order valence-corrected chi connectivity index (χ0v) is 12.1. The van der Waals surface area contributed by atoms with Gasteiger partial charge in [0.2, 0.25) is 0 Å². The lowest BCUT2D eigenvalue weighted by Gasteiger charge is -1.96. The van der Waals surface area contributed by atoms with Crippen LogP contribution in [0.25, 0.3) is 6.08 Å². The Balaban J connectivity index is 1.97. The highest BCUT2D eigenvalue weighted by Gasteiger charge is 1.91. The summed E-state index contributed by atoms with van der Waals surface area (Å²) in [5.41, 5.74) is 1.15. The molecule has 0 heterocycles. The smallest absolute Gasteiger partial charge is 0.0406 e. The van der Waals surface area contributed by atoms with E-state index in [1.165, 1.54) is 4.90 Å². The summed E-state index contributed by atoms with van der Waals surface area (Å²) < 4.78 is 1.10. The van der Waals surface area contributed by atoms with E-state index in [-0.39, 0.29) is 0 Å². The Morgan fingerprint density at radius 2 is 1.59 bits per heavy atom. The largest absolute Gasteiger partial charge is 0.0981 e. The van der Waals surface area contributed by atoms with Crippen LogP contribution in [0.3, 0.4) is 0 Å². The van der Waals surface area contributed by atoms with Crippen molar-refractivity contribution < 1.29 is 0 Å². The van der Waals surface area contributed by atoms with E-state index in [4.69, 9.17) is 11.6 Å². The van der Waals surface area contributed by atoms with Crippen LogP contribution in [-0.4, -0.2) is 0 Å². The molecule has 0 nitrogen and oxygen atoms in total.